The van der Waals surface area contributed by atoms with Gasteiger partial charge in [0.25, 0.3) is 0 Å². The summed E-state index contributed by atoms with van der Waals surface area (Å²) in [4.78, 5) is 0. The molecule has 0 bridgehead atoms. The van der Waals surface area contributed by atoms with Gasteiger partial charge in [0.15, 0.2) is 11.5 Å². The van der Waals surface area contributed by atoms with Crippen LogP contribution in [0.4, 0.5) is 5.69 Å². The van der Waals surface area contributed by atoms with Gasteiger partial charge < -0.3 is 14.8 Å². The first-order valence-corrected chi connectivity index (χ1v) is 8.31. The largest absolute Gasteiger partial charge is 0.493 e. The molecule has 3 nitrogen and oxygen atoms in total. The van der Waals surface area contributed by atoms with Crippen LogP contribution in [0.2, 0.25) is 0 Å². The number of methoxy groups -OCH3 is 2. The lowest BCUT2D eigenvalue weighted by molar-refractivity contribution is 0.350. The van der Waals surface area contributed by atoms with Crippen LogP contribution < -0.4 is 14.8 Å². The second kappa shape index (κ2) is 6.56. The fraction of sp³-hybridized carbons (Fsp3) is 0.400. The Morgan fingerprint density at radius 3 is 2.54 bits per heavy atom. The summed E-state index contributed by atoms with van der Waals surface area (Å²) in [5.74, 6) is 2.77. The molecule has 0 radical (unpaired) electrons. The predicted molar refractivity (Wildman–Crippen MR) is 100 cm³/mol. The molecule has 128 valence electrons. The van der Waals surface area contributed by atoms with E-state index >= 15 is 0 Å². The normalized spacial score (nSPS) is 20.6. The van der Waals surface area contributed by atoms with Crippen LogP contribution in [0.15, 0.2) is 30.3 Å². The van der Waals surface area contributed by atoms with Crippen LogP contribution >= 0.6 is 12.4 Å². The molecule has 0 amide bonds. The quantitative estimate of drug-likeness (QED) is 0.865. The van der Waals surface area contributed by atoms with Crippen molar-refractivity contribution in [3.63, 3.8) is 0 Å². The molecule has 0 saturated heterocycles. The lowest BCUT2D eigenvalue weighted by atomic mass is 9.69. The summed E-state index contributed by atoms with van der Waals surface area (Å²) in [5, 5.41) is 3.66. The number of rotatable bonds is 2. The Morgan fingerprint density at radius 1 is 1.04 bits per heavy atom. The van der Waals surface area contributed by atoms with E-state index in [4.69, 9.17) is 9.47 Å². The van der Waals surface area contributed by atoms with Gasteiger partial charge in [-0.1, -0.05) is 18.2 Å². The number of anilines is 1. The minimum absolute atomic E-state index is 0. The Bertz CT molecular complexity index is 760. The molecule has 2 aromatic rings. The fourth-order valence-electron chi connectivity index (χ4n) is 4.27. The number of ether oxygens (including phenoxy) is 2. The topological polar surface area (TPSA) is 30.5 Å². The molecule has 0 unspecified atom stereocenters. The van der Waals surface area contributed by atoms with Crippen molar-refractivity contribution in [1.82, 2.24) is 0 Å². The monoisotopic (exact) mass is 345 g/mol. The highest BCUT2D eigenvalue weighted by atomic mass is 35.5. The van der Waals surface area contributed by atoms with Crippen LogP contribution in [0.1, 0.15) is 34.6 Å². The van der Waals surface area contributed by atoms with E-state index in [1.807, 2.05) is 0 Å². The summed E-state index contributed by atoms with van der Waals surface area (Å²) < 4.78 is 11.0. The summed E-state index contributed by atoms with van der Waals surface area (Å²) in [7, 11) is 3.42. The van der Waals surface area contributed by atoms with E-state index in [1.165, 1.54) is 34.4 Å². The molecule has 0 saturated carbocycles. The highest BCUT2D eigenvalue weighted by Crippen LogP contribution is 2.49. The highest BCUT2D eigenvalue weighted by molar-refractivity contribution is 5.85. The van der Waals surface area contributed by atoms with Gasteiger partial charge >= 0.3 is 0 Å². The second-order valence-corrected chi connectivity index (χ2v) is 6.60. The molecule has 4 heteroatoms. The second-order valence-electron chi connectivity index (χ2n) is 6.60. The first kappa shape index (κ1) is 17.0. The molecule has 0 spiro atoms. The van der Waals surface area contributed by atoms with Crippen molar-refractivity contribution in [1.29, 1.82) is 0 Å². The molecular weight excluding hydrogens is 322 g/mol. The number of hydrogen-bond donors (Lipinski definition) is 1. The van der Waals surface area contributed by atoms with Crippen LogP contribution in [0, 0.1) is 12.8 Å². The molecular formula is C20H24ClNO2. The van der Waals surface area contributed by atoms with Gasteiger partial charge in [-0.15, -0.1) is 12.4 Å². The van der Waals surface area contributed by atoms with Gasteiger partial charge in [-0.05, 0) is 60.1 Å². The van der Waals surface area contributed by atoms with Crippen molar-refractivity contribution in [2.45, 2.75) is 25.7 Å². The fourth-order valence-corrected chi connectivity index (χ4v) is 4.27. The first-order valence-electron chi connectivity index (χ1n) is 8.31. The molecule has 4 rings (SSSR count). The standard InChI is InChI=1S/C20H23NO2.ClH/c1-12-5-4-6-15-19-14(11-21-20(12)15)8-7-13-9-17(22-2)18(23-3)10-16(13)19;/h4-6,9-10,14,19,21H,7-8,11H2,1-3H3;1H/t14-,19+;/m0./s1. The van der Waals surface area contributed by atoms with Gasteiger partial charge in [0.05, 0.1) is 14.2 Å². The maximum Gasteiger partial charge on any atom is 0.161 e. The third-order valence-corrected chi connectivity index (χ3v) is 5.42. The van der Waals surface area contributed by atoms with Crippen LogP contribution in [0.3, 0.4) is 0 Å². The number of nitrogens with one attached hydrogen (secondary N) is 1. The number of halogens is 1. The Balaban J connectivity index is 0.00000169. The zero-order chi connectivity index (χ0) is 16.0. The van der Waals surface area contributed by atoms with Gasteiger partial charge in [0.1, 0.15) is 0 Å². The minimum atomic E-state index is 0. The van der Waals surface area contributed by atoms with Crippen LogP contribution in [-0.2, 0) is 6.42 Å². The lowest BCUT2D eigenvalue weighted by Gasteiger charge is -2.40. The van der Waals surface area contributed by atoms with E-state index < -0.39 is 0 Å². The first-order chi connectivity index (χ1) is 11.2. The minimum Gasteiger partial charge on any atom is -0.493 e. The lowest BCUT2D eigenvalue weighted by Crippen LogP contribution is -2.32. The molecule has 1 heterocycles. The van der Waals surface area contributed by atoms with Crippen LogP contribution in [0.5, 0.6) is 11.5 Å². The molecule has 1 aliphatic carbocycles. The average Bonchev–Trinajstić information content (AvgIpc) is 2.60. The molecule has 24 heavy (non-hydrogen) atoms. The Morgan fingerprint density at radius 2 is 1.79 bits per heavy atom. The van der Waals surface area contributed by atoms with Crippen molar-refractivity contribution in [2.24, 2.45) is 5.92 Å². The van der Waals surface area contributed by atoms with Crippen LogP contribution in [0.25, 0.3) is 0 Å². The van der Waals surface area contributed by atoms with E-state index in [-0.39, 0.29) is 12.4 Å². The Kier molecular flexibility index (Phi) is 4.64. The third kappa shape index (κ3) is 2.51. The third-order valence-electron chi connectivity index (χ3n) is 5.42. The molecule has 1 aliphatic heterocycles. The molecule has 2 atom stereocenters. The Hall–Kier alpha value is -1.87. The van der Waals surface area contributed by atoms with Gasteiger partial charge in [-0.2, -0.15) is 0 Å². The molecule has 2 aliphatic rings. The summed E-state index contributed by atoms with van der Waals surface area (Å²) in [5.41, 5.74) is 6.88. The van der Waals surface area contributed by atoms with Gasteiger partial charge in [-0.3, -0.25) is 0 Å². The molecule has 0 aromatic heterocycles. The smallest absolute Gasteiger partial charge is 0.161 e. The van der Waals surface area contributed by atoms with Crippen molar-refractivity contribution in [3.8, 4) is 11.5 Å². The van der Waals surface area contributed by atoms with Crippen molar-refractivity contribution >= 4 is 18.1 Å². The van der Waals surface area contributed by atoms with Crippen molar-refractivity contribution < 1.29 is 9.47 Å². The summed E-state index contributed by atoms with van der Waals surface area (Å²) >= 11 is 0. The zero-order valence-electron chi connectivity index (χ0n) is 14.4. The SMILES string of the molecule is COc1cc2c(cc1OC)[C@H]1c3cccc(C)c3NC[C@@H]1CC2.Cl. The maximum absolute atomic E-state index is 5.55. The maximum atomic E-state index is 5.55. The summed E-state index contributed by atoms with van der Waals surface area (Å²) in [6.07, 6.45) is 2.33. The van der Waals surface area contributed by atoms with Crippen LogP contribution in [-0.4, -0.2) is 20.8 Å². The molecule has 1 N–H and O–H groups in total. The summed E-state index contributed by atoms with van der Waals surface area (Å²) in [6.45, 7) is 3.24. The van der Waals surface area contributed by atoms with Gasteiger partial charge in [0, 0.05) is 18.2 Å². The summed E-state index contributed by atoms with van der Waals surface area (Å²) in [6, 6.07) is 11.0. The van der Waals surface area contributed by atoms with E-state index in [1.54, 1.807) is 14.2 Å². The van der Waals surface area contributed by atoms with Gasteiger partial charge in [-0.25, -0.2) is 0 Å². The van der Waals surface area contributed by atoms with Crippen molar-refractivity contribution in [2.75, 3.05) is 26.1 Å². The highest BCUT2D eigenvalue weighted by Gasteiger charge is 2.36. The predicted octanol–water partition coefficient (Wildman–Crippen LogP) is 4.55. The van der Waals surface area contributed by atoms with E-state index in [9.17, 15) is 0 Å². The number of para-hydroxylation sites is 1. The van der Waals surface area contributed by atoms with E-state index in [2.05, 4.69) is 42.6 Å². The molecule has 2 aromatic carbocycles. The number of hydrogen-bond acceptors (Lipinski definition) is 3. The number of benzene rings is 2. The Labute approximate surface area is 149 Å². The van der Waals surface area contributed by atoms with Crippen molar-refractivity contribution in [3.05, 3.63) is 52.6 Å². The van der Waals surface area contributed by atoms with E-state index in [0.717, 1.165) is 24.5 Å². The van der Waals surface area contributed by atoms with Gasteiger partial charge in [0.2, 0.25) is 0 Å². The molecule has 0 fully saturated rings. The van der Waals surface area contributed by atoms with E-state index in [0.29, 0.717) is 11.8 Å². The average molecular weight is 346 g/mol. The zero-order valence-corrected chi connectivity index (χ0v) is 15.2. The number of aryl methyl sites for hydroxylation is 2. The number of fused-ring (bicyclic) bond motifs is 5.